The Balaban J connectivity index is 1.77. The number of rotatable bonds is 2. The summed E-state index contributed by atoms with van der Waals surface area (Å²) >= 11 is 0. The fourth-order valence-corrected chi connectivity index (χ4v) is 2.73. The van der Waals surface area contributed by atoms with E-state index in [9.17, 15) is 0 Å². The highest BCUT2D eigenvalue weighted by molar-refractivity contribution is 5.29. The third-order valence-electron chi connectivity index (χ3n) is 3.80. The van der Waals surface area contributed by atoms with Crippen molar-refractivity contribution in [2.24, 2.45) is 0 Å². The van der Waals surface area contributed by atoms with E-state index in [1.54, 1.807) is 0 Å². The van der Waals surface area contributed by atoms with Crippen LogP contribution in [0.15, 0.2) is 67.0 Å². The van der Waals surface area contributed by atoms with E-state index < -0.39 is 0 Å². The van der Waals surface area contributed by atoms with E-state index >= 15 is 0 Å². The molecule has 4 rings (SSSR count). The van der Waals surface area contributed by atoms with Gasteiger partial charge in [0.25, 0.3) is 0 Å². The van der Waals surface area contributed by atoms with Crippen LogP contribution in [-0.2, 0) is 11.3 Å². The van der Waals surface area contributed by atoms with Crippen molar-refractivity contribution in [3.8, 4) is 5.69 Å². The number of fused-ring (bicyclic) bond motifs is 1. The van der Waals surface area contributed by atoms with Gasteiger partial charge in [0, 0.05) is 5.10 Å². The van der Waals surface area contributed by atoms with Gasteiger partial charge in [-0.15, -0.1) is 0 Å². The van der Waals surface area contributed by atoms with Crippen LogP contribution in [0.5, 0.6) is 0 Å². The number of benzene rings is 2. The second-order valence-corrected chi connectivity index (χ2v) is 5.16. The van der Waals surface area contributed by atoms with Crippen LogP contribution in [0.4, 0.5) is 0 Å². The Bertz CT molecular complexity index is 737. The number of hydrogen-bond acceptors (Lipinski definition) is 2. The highest BCUT2D eigenvalue weighted by Gasteiger charge is 2.30. The highest BCUT2D eigenvalue weighted by Crippen LogP contribution is 2.18. The molecule has 21 heavy (non-hydrogen) atoms. The first-order valence-corrected chi connectivity index (χ1v) is 7.09. The van der Waals surface area contributed by atoms with Crippen LogP contribution in [0.1, 0.15) is 17.4 Å². The van der Waals surface area contributed by atoms with Crippen molar-refractivity contribution in [2.75, 3.05) is 6.61 Å². The minimum absolute atomic E-state index is 0.187. The van der Waals surface area contributed by atoms with E-state index in [1.807, 2.05) is 28.9 Å². The standard InChI is InChI=1S/C17H16N3O/c1-3-7-14(8-4-1)16-11-21-12-17-18-20(13-19(16)17)15-9-5-2-6-10-15/h1-10,13,16H,11-12H2/q+1/t16-/m1/s1. The topological polar surface area (TPSA) is 30.9 Å². The molecule has 4 heteroatoms. The van der Waals surface area contributed by atoms with Gasteiger partial charge >= 0.3 is 5.82 Å². The number of hydrogen-bond donors (Lipinski definition) is 0. The molecule has 3 aromatic rings. The molecule has 4 nitrogen and oxygen atoms in total. The Morgan fingerprint density at radius 3 is 2.48 bits per heavy atom. The lowest BCUT2D eigenvalue weighted by molar-refractivity contribution is -0.734. The molecule has 0 fully saturated rings. The quantitative estimate of drug-likeness (QED) is 0.673. The monoisotopic (exact) mass is 278 g/mol. The number of nitrogens with zero attached hydrogens (tertiary/aromatic N) is 3. The molecule has 0 spiro atoms. The number of aromatic nitrogens is 3. The number of para-hydroxylation sites is 1. The van der Waals surface area contributed by atoms with Gasteiger partial charge in [0.05, 0.1) is 6.61 Å². The largest absolute Gasteiger partial charge is 0.366 e. The summed E-state index contributed by atoms with van der Waals surface area (Å²) < 4.78 is 9.85. The maximum absolute atomic E-state index is 5.72. The van der Waals surface area contributed by atoms with Gasteiger partial charge in [0.2, 0.25) is 6.33 Å². The minimum atomic E-state index is 0.187. The predicted molar refractivity (Wildman–Crippen MR) is 78.0 cm³/mol. The summed E-state index contributed by atoms with van der Waals surface area (Å²) in [7, 11) is 0. The van der Waals surface area contributed by atoms with Crippen LogP contribution >= 0.6 is 0 Å². The van der Waals surface area contributed by atoms with Gasteiger partial charge in [0.1, 0.15) is 18.3 Å². The van der Waals surface area contributed by atoms with Gasteiger partial charge < -0.3 is 4.74 Å². The van der Waals surface area contributed by atoms with Crippen LogP contribution < -0.4 is 4.57 Å². The molecule has 0 radical (unpaired) electrons. The molecular formula is C17H16N3O+. The maximum Gasteiger partial charge on any atom is 0.304 e. The van der Waals surface area contributed by atoms with Gasteiger partial charge in [0.15, 0.2) is 0 Å². The van der Waals surface area contributed by atoms with Gasteiger partial charge in [-0.3, -0.25) is 0 Å². The van der Waals surface area contributed by atoms with Crippen molar-refractivity contribution >= 4 is 0 Å². The van der Waals surface area contributed by atoms with Crippen molar-refractivity contribution < 1.29 is 9.30 Å². The minimum Gasteiger partial charge on any atom is -0.366 e. The molecular weight excluding hydrogens is 262 g/mol. The third-order valence-corrected chi connectivity index (χ3v) is 3.80. The van der Waals surface area contributed by atoms with Crippen LogP contribution in [0.2, 0.25) is 0 Å². The fourth-order valence-electron chi connectivity index (χ4n) is 2.73. The number of ether oxygens (including phenoxy) is 1. The zero-order valence-corrected chi connectivity index (χ0v) is 11.6. The Morgan fingerprint density at radius 1 is 1.00 bits per heavy atom. The van der Waals surface area contributed by atoms with Crippen molar-refractivity contribution in [2.45, 2.75) is 12.6 Å². The third kappa shape index (κ3) is 2.23. The van der Waals surface area contributed by atoms with E-state index in [2.05, 4.69) is 52.4 Å². The van der Waals surface area contributed by atoms with Crippen LogP contribution in [0, 0.1) is 0 Å². The molecule has 0 aliphatic carbocycles. The molecule has 1 atom stereocenters. The Labute approximate surface area is 123 Å². The smallest absolute Gasteiger partial charge is 0.304 e. The molecule has 1 aliphatic rings. The molecule has 0 amide bonds. The molecule has 0 unspecified atom stereocenters. The molecule has 0 saturated carbocycles. The highest BCUT2D eigenvalue weighted by atomic mass is 16.5. The molecule has 2 aromatic carbocycles. The molecule has 0 bridgehead atoms. The fraction of sp³-hybridized carbons (Fsp3) is 0.176. The molecule has 1 aromatic heterocycles. The van der Waals surface area contributed by atoms with Gasteiger partial charge in [-0.2, -0.15) is 0 Å². The Morgan fingerprint density at radius 2 is 1.71 bits per heavy atom. The summed E-state index contributed by atoms with van der Waals surface area (Å²) in [5.41, 5.74) is 2.31. The summed E-state index contributed by atoms with van der Waals surface area (Å²) in [5, 5.41) is 4.65. The zero-order chi connectivity index (χ0) is 14.1. The summed E-state index contributed by atoms with van der Waals surface area (Å²) in [4.78, 5) is 0. The summed E-state index contributed by atoms with van der Waals surface area (Å²) in [6.45, 7) is 1.24. The summed E-state index contributed by atoms with van der Waals surface area (Å²) in [6.07, 6.45) is 2.06. The van der Waals surface area contributed by atoms with Crippen molar-refractivity contribution in [1.82, 2.24) is 9.78 Å². The second kappa shape index (κ2) is 5.14. The summed E-state index contributed by atoms with van der Waals surface area (Å²) in [6, 6.07) is 20.8. The SMILES string of the molecule is c1ccc([C@H]2COCc3nn(-c4ccccc4)c[n+]32)cc1. The van der Waals surface area contributed by atoms with Crippen molar-refractivity contribution in [3.63, 3.8) is 0 Å². The van der Waals surface area contributed by atoms with E-state index in [1.165, 1.54) is 5.56 Å². The molecule has 0 saturated heterocycles. The van der Waals surface area contributed by atoms with Gasteiger partial charge in [-0.1, -0.05) is 53.2 Å². The Hall–Kier alpha value is -2.46. The molecule has 104 valence electrons. The molecule has 0 N–H and O–H groups in total. The maximum atomic E-state index is 5.72. The first-order valence-electron chi connectivity index (χ1n) is 7.09. The first-order chi connectivity index (χ1) is 10.4. The summed E-state index contributed by atoms with van der Waals surface area (Å²) in [5.74, 6) is 0.957. The van der Waals surface area contributed by atoms with Crippen molar-refractivity contribution in [3.05, 3.63) is 78.4 Å². The van der Waals surface area contributed by atoms with E-state index in [-0.39, 0.29) is 6.04 Å². The zero-order valence-electron chi connectivity index (χ0n) is 11.6. The van der Waals surface area contributed by atoms with Crippen LogP contribution in [0.25, 0.3) is 5.69 Å². The first kappa shape index (κ1) is 12.3. The van der Waals surface area contributed by atoms with E-state index in [0.29, 0.717) is 13.2 Å². The molecule has 2 heterocycles. The lowest BCUT2D eigenvalue weighted by atomic mass is 10.1. The lowest BCUT2D eigenvalue weighted by Crippen LogP contribution is -2.48. The Kier molecular flexibility index (Phi) is 3.01. The second-order valence-electron chi connectivity index (χ2n) is 5.16. The van der Waals surface area contributed by atoms with E-state index in [4.69, 9.17) is 4.74 Å². The normalized spacial score (nSPS) is 17.4. The average molecular weight is 278 g/mol. The van der Waals surface area contributed by atoms with Crippen LogP contribution in [0.3, 0.4) is 0 Å². The van der Waals surface area contributed by atoms with Crippen molar-refractivity contribution in [1.29, 1.82) is 0 Å². The average Bonchev–Trinajstić information content (AvgIpc) is 3.00. The van der Waals surface area contributed by atoms with Gasteiger partial charge in [-0.05, 0) is 17.7 Å². The van der Waals surface area contributed by atoms with Gasteiger partial charge in [-0.25, -0.2) is 4.57 Å². The van der Waals surface area contributed by atoms with Crippen LogP contribution in [-0.4, -0.2) is 16.4 Å². The predicted octanol–water partition coefficient (Wildman–Crippen LogP) is 2.28. The molecule has 1 aliphatic heterocycles. The lowest BCUT2D eigenvalue weighted by Gasteiger charge is -2.19. The van der Waals surface area contributed by atoms with E-state index in [0.717, 1.165) is 11.5 Å².